The van der Waals surface area contributed by atoms with Gasteiger partial charge in [-0.25, -0.2) is 0 Å². The molecule has 9 heavy (non-hydrogen) atoms. The second-order valence-corrected chi connectivity index (χ2v) is 2.15. The minimum atomic E-state index is 0.458. The fourth-order valence-electron chi connectivity index (χ4n) is 0.839. The van der Waals surface area contributed by atoms with E-state index in [-0.39, 0.29) is 0 Å². The first-order valence-corrected chi connectivity index (χ1v) is 3.58. The number of nitrogens with two attached hydrogens (primary N) is 1. The molecule has 0 rings (SSSR count). The minimum absolute atomic E-state index is 0.458. The van der Waals surface area contributed by atoms with E-state index in [1.165, 1.54) is 12.8 Å². The van der Waals surface area contributed by atoms with E-state index >= 15 is 0 Å². The molecule has 0 aliphatic rings. The molecule has 2 heteroatoms. The second-order valence-electron chi connectivity index (χ2n) is 2.15. The Bertz CT molecular complexity index is 79.0. The van der Waals surface area contributed by atoms with Crippen LogP contribution in [0.2, 0.25) is 0 Å². The van der Waals surface area contributed by atoms with Crippen LogP contribution in [0, 0.1) is 0 Å². The maximum absolute atomic E-state index is 5.14. The van der Waals surface area contributed by atoms with E-state index in [1.807, 2.05) is 0 Å². The van der Waals surface area contributed by atoms with Gasteiger partial charge in [0.05, 0.1) is 12.4 Å². The summed E-state index contributed by atoms with van der Waals surface area (Å²) in [5, 5.41) is 0. The van der Waals surface area contributed by atoms with Crippen LogP contribution >= 0.6 is 0 Å². The van der Waals surface area contributed by atoms with E-state index < -0.39 is 0 Å². The van der Waals surface area contributed by atoms with Crippen LogP contribution in [0.4, 0.5) is 0 Å². The van der Waals surface area contributed by atoms with Crippen molar-refractivity contribution in [2.24, 2.45) is 10.7 Å². The highest BCUT2D eigenvalue weighted by atomic mass is 14.8. The zero-order valence-electron chi connectivity index (χ0n) is 6.30. The van der Waals surface area contributed by atoms with Gasteiger partial charge in [0.2, 0.25) is 0 Å². The molecule has 0 bridgehead atoms. The molecule has 0 saturated heterocycles. The third-order valence-electron chi connectivity index (χ3n) is 1.39. The Kier molecular flexibility index (Phi) is 5.27. The first-order chi connectivity index (χ1) is 4.35. The molecule has 0 saturated carbocycles. The number of aliphatic imine (C=N–C) groups is 1. The maximum atomic E-state index is 5.14. The standard InChI is InChI=1S/C7H16N2/c1-3-5-7(4-2)9-6-8/h6-7H,3-5H2,1-2H3,(H2,8,9). The summed E-state index contributed by atoms with van der Waals surface area (Å²) in [7, 11) is 0. The average molecular weight is 128 g/mol. The number of nitrogens with zero attached hydrogens (tertiary/aromatic N) is 1. The summed E-state index contributed by atoms with van der Waals surface area (Å²) in [6, 6.07) is 0.458. The van der Waals surface area contributed by atoms with Gasteiger partial charge in [0.15, 0.2) is 0 Å². The summed E-state index contributed by atoms with van der Waals surface area (Å²) in [5.74, 6) is 0. The van der Waals surface area contributed by atoms with Crippen molar-refractivity contribution >= 4 is 6.34 Å². The molecule has 0 fully saturated rings. The van der Waals surface area contributed by atoms with Crippen molar-refractivity contribution in [3.63, 3.8) is 0 Å². The van der Waals surface area contributed by atoms with Crippen LogP contribution in [0.15, 0.2) is 4.99 Å². The van der Waals surface area contributed by atoms with Crippen LogP contribution in [0.1, 0.15) is 33.1 Å². The molecule has 0 spiro atoms. The monoisotopic (exact) mass is 128 g/mol. The van der Waals surface area contributed by atoms with Gasteiger partial charge in [-0.2, -0.15) is 0 Å². The quantitative estimate of drug-likeness (QED) is 0.453. The third kappa shape index (κ3) is 4.01. The normalized spacial score (nSPS) is 14.4. The molecule has 0 radical (unpaired) electrons. The lowest BCUT2D eigenvalue weighted by Crippen LogP contribution is -2.04. The lowest BCUT2D eigenvalue weighted by atomic mass is 10.1. The Balaban J connectivity index is 3.41. The van der Waals surface area contributed by atoms with Crippen LogP contribution in [-0.2, 0) is 0 Å². The molecule has 2 N–H and O–H groups in total. The maximum Gasteiger partial charge on any atom is 0.0801 e. The summed E-state index contributed by atoms with van der Waals surface area (Å²) in [6.07, 6.45) is 4.85. The van der Waals surface area contributed by atoms with Crippen molar-refractivity contribution in [1.82, 2.24) is 0 Å². The summed E-state index contributed by atoms with van der Waals surface area (Å²) in [5.41, 5.74) is 5.14. The first-order valence-electron chi connectivity index (χ1n) is 3.58. The minimum Gasteiger partial charge on any atom is -0.390 e. The Morgan fingerprint density at radius 3 is 2.56 bits per heavy atom. The van der Waals surface area contributed by atoms with E-state index in [9.17, 15) is 0 Å². The third-order valence-corrected chi connectivity index (χ3v) is 1.39. The van der Waals surface area contributed by atoms with Crippen molar-refractivity contribution in [3.05, 3.63) is 0 Å². The molecular formula is C7H16N2. The highest BCUT2D eigenvalue weighted by molar-refractivity contribution is 5.51. The molecule has 2 nitrogen and oxygen atoms in total. The van der Waals surface area contributed by atoms with Crippen molar-refractivity contribution in [2.45, 2.75) is 39.2 Å². The van der Waals surface area contributed by atoms with Gasteiger partial charge in [0, 0.05) is 0 Å². The van der Waals surface area contributed by atoms with Gasteiger partial charge >= 0.3 is 0 Å². The summed E-state index contributed by atoms with van der Waals surface area (Å²) in [6.45, 7) is 4.29. The van der Waals surface area contributed by atoms with Gasteiger partial charge in [-0.15, -0.1) is 0 Å². The predicted molar refractivity (Wildman–Crippen MR) is 41.7 cm³/mol. The van der Waals surface area contributed by atoms with E-state index in [0.717, 1.165) is 12.8 Å². The van der Waals surface area contributed by atoms with Crippen LogP contribution in [-0.4, -0.2) is 12.4 Å². The number of hydrogen-bond donors (Lipinski definition) is 1. The zero-order valence-corrected chi connectivity index (χ0v) is 6.30. The van der Waals surface area contributed by atoms with Crippen LogP contribution in [0.25, 0.3) is 0 Å². The first kappa shape index (κ1) is 8.47. The van der Waals surface area contributed by atoms with E-state index in [0.29, 0.717) is 6.04 Å². The molecule has 0 aliphatic heterocycles. The van der Waals surface area contributed by atoms with Crippen molar-refractivity contribution in [1.29, 1.82) is 0 Å². The Hall–Kier alpha value is -0.530. The van der Waals surface area contributed by atoms with Crippen molar-refractivity contribution in [2.75, 3.05) is 0 Å². The fourth-order valence-corrected chi connectivity index (χ4v) is 0.839. The smallest absolute Gasteiger partial charge is 0.0801 e. The van der Waals surface area contributed by atoms with Gasteiger partial charge < -0.3 is 5.73 Å². The second kappa shape index (κ2) is 5.60. The van der Waals surface area contributed by atoms with Gasteiger partial charge in [0.25, 0.3) is 0 Å². The molecular weight excluding hydrogens is 112 g/mol. The van der Waals surface area contributed by atoms with Crippen molar-refractivity contribution in [3.8, 4) is 0 Å². The SMILES string of the molecule is CCCC(CC)N=CN. The molecule has 0 amide bonds. The zero-order chi connectivity index (χ0) is 7.11. The molecule has 0 aliphatic carbocycles. The predicted octanol–water partition coefficient (Wildman–Crippen LogP) is 1.55. The molecule has 0 aromatic rings. The molecule has 0 heterocycles. The highest BCUT2D eigenvalue weighted by Gasteiger charge is 1.98. The Morgan fingerprint density at radius 1 is 1.56 bits per heavy atom. The highest BCUT2D eigenvalue weighted by Crippen LogP contribution is 2.03. The topological polar surface area (TPSA) is 38.4 Å². The van der Waals surface area contributed by atoms with Gasteiger partial charge in [0.1, 0.15) is 0 Å². The van der Waals surface area contributed by atoms with Gasteiger partial charge in [-0.05, 0) is 12.8 Å². The van der Waals surface area contributed by atoms with Gasteiger partial charge in [-0.3, -0.25) is 4.99 Å². The number of hydrogen-bond acceptors (Lipinski definition) is 1. The lowest BCUT2D eigenvalue weighted by molar-refractivity contribution is 0.590. The summed E-state index contributed by atoms with van der Waals surface area (Å²) < 4.78 is 0. The lowest BCUT2D eigenvalue weighted by Gasteiger charge is -2.05. The van der Waals surface area contributed by atoms with Crippen LogP contribution < -0.4 is 5.73 Å². The molecule has 54 valence electrons. The largest absolute Gasteiger partial charge is 0.390 e. The van der Waals surface area contributed by atoms with E-state index in [4.69, 9.17) is 5.73 Å². The van der Waals surface area contributed by atoms with Gasteiger partial charge in [-0.1, -0.05) is 20.3 Å². The fraction of sp³-hybridized carbons (Fsp3) is 0.857. The Labute approximate surface area is 57.2 Å². The Morgan fingerprint density at radius 2 is 2.22 bits per heavy atom. The molecule has 1 unspecified atom stereocenters. The van der Waals surface area contributed by atoms with E-state index in [1.54, 1.807) is 0 Å². The molecule has 1 atom stereocenters. The van der Waals surface area contributed by atoms with Crippen LogP contribution in [0.5, 0.6) is 0 Å². The molecule has 0 aromatic carbocycles. The summed E-state index contributed by atoms with van der Waals surface area (Å²) in [4.78, 5) is 4.09. The molecule has 0 aromatic heterocycles. The number of rotatable bonds is 4. The van der Waals surface area contributed by atoms with Crippen LogP contribution in [0.3, 0.4) is 0 Å². The van der Waals surface area contributed by atoms with Crippen molar-refractivity contribution < 1.29 is 0 Å². The van der Waals surface area contributed by atoms with E-state index in [2.05, 4.69) is 18.8 Å². The average Bonchev–Trinajstić information content (AvgIpc) is 1.88. The summed E-state index contributed by atoms with van der Waals surface area (Å²) >= 11 is 0.